The number of thiophene rings is 1. The van der Waals surface area contributed by atoms with Gasteiger partial charge in [0.25, 0.3) is 10.0 Å². The predicted molar refractivity (Wildman–Crippen MR) is 79.2 cm³/mol. The smallest absolute Gasteiger partial charge is 0.348 e. The predicted octanol–water partition coefficient (Wildman–Crippen LogP) is 0.381. The summed E-state index contributed by atoms with van der Waals surface area (Å²) in [6.45, 7) is 2.49. The Hall–Kier alpha value is -1.98. The molecule has 1 atom stereocenters. The van der Waals surface area contributed by atoms with Gasteiger partial charge in [0.05, 0.1) is 19.8 Å². The fraction of sp³-hybridized carbons (Fsp3) is 0.417. The second-order valence-corrected chi connectivity index (χ2v) is 7.31. The number of sulfonamides is 1. The average molecular weight is 365 g/mol. The van der Waals surface area contributed by atoms with Crippen LogP contribution >= 0.6 is 11.3 Å². The molecule has 0 fully saturated rings. The van der Waals surface area contributed by atoms with E-state index in [1.165, 1.54) is 6.92 Å². The van der Waals surface area contributed by atoms with Crippen molar-refractivity contribution in [3.05, 3.63) is 16.0 Å². The van der Waals surface area contributed by atoms with Crippen molar-refractivity contribution < 1.29 is 37.4 Å². The summed E-state index contributed by atoms with van der Waals surface area (Å²) in [5.41, 5.74) is -0.250. The second kappa shape index (κ2) is 7.06. The topological polar surface area (TPSA) is 136 Å². The van der Waals surface area contributed by atoms with Crippen molar-refractivity contribution in [3.63, 3.8) is 0 Å². The van der Waals surface area contributed by atoms with Gasteiger partial charge in [-0.1, -0.05) is 0 Å². The van der Waals surface area contributed by atoms with Gasteiger partial charge in [-0.05, 0) is 19.4 Å². The lowest BCUT2D eigenvalue weighted by Crippen LogP contribution is -2.38. The van der Waals surface area contributed by atoms with E-state index in [0.717, 1.165) is 21.1 Å². The summed E-state index contributed by atoms with van der Waals surface area (Å²) in [6, 6.07) is -1.42. The normalized spacial score (nSPS) is 12.5. The first kappa shape index (κ1) is 19.1. The van der Waals surface area contributed by atoms with Crippen LogP contribution in [0, 0.1) is 6.92 Å². The third-order valence-corrected chi connectivity index (χ3v) is 6.15. The van der Waals surface area contributed by atoms with Crippen LogP contribution in [0.4, 0.5) is 0 Å². The second-order valence-electron chi connectivity index (χ2n) is 4.38. The van der Waals surface area contributed by atoms with Crippen molar-refractivity contribution in [2.75, 3.05) is 14.2 Å². The number of rotatable bonds is 6. The van der Waals surface area contributed by atoms with E-state index in [1.54, 1.807) is 0 Å². The Bertz CT molecular complexity index is 749. The molecule has 0 amide bonds. The van der Waals surface area contributed by atoms with E-state index >= 15 is 0 Å². The third-order valence-electron chi connectivity index (χ3n) is 2.82. The molecule has 0 spiro atoms. The first-order valence-corrected chi connectivity index (χ1v) is 8.41. The van der Waals surface area contributed by atoms with Crippen molar-refractivity contribution in [1.29, 1.82) is 0 Å². The first-order valence-electron chi connectivity index (χ1n) is 6.12. The van der Waals surface area contributed by atoms with Crippen LogP contribution in [-0.2, 0) is 24.3 Å². The molecule has 2 N–H and O–H groups in total. The monoisotopic (exact) mass is 365 g/mol. The van der Waals surface area contributed by atoms with Gasteiger partial charge in [0, 0.05) is 0 Å². The molecule has 1 aromatic rings. The lowest BCUT2D eigenvalue weighted by molar-refractivity contribution is -0.138. The van der Waals surface area contributed by atoms with E-state index in [9.17, 15) is 22.8 Å². The van der Waals surface area contributed by atoms with Crippen molar-refractivity contribution in [3.8, 4) is 0 Å². The number of hydrogen-bond donors (Lipinski definition) is 2. The SMILES string of the molecule is COC(=O)c1sc(S(=O)(=O)N[C@@H](C)C(=O)O)c(C(=O)OC)c1C. The average Bonchev–Trinajstić information content (AvgIpc) is 2.83. The Morgan fingerprint density at radius 2 is 1.70 bits per heavy atom. The Balaban J connectivity index is 3.53. The van der Waals surface area contributed by atoms with Crippen molar-refractivity contribution >= 4 is 39.3 Å². The molecule has 0 aliphatic heterocycles. The van der Waals surface area contributed by atoms with Gasteiger partial charge in [0.15, 0.2) is 4.21 Å². The molecule has 0 aliphatic carbocycles. The zero-order chi connectivity index (χ0) is 17.9. The number of esters is 2. The van der Waals surface area contributed by atoms with Gasteiger partial charge in [-0.3, -0.25) is 4.79 Å². The number of carbonyl (C=O) groups is 3. The number of nitrogens with one attached hydrogen (secondary N) is 1. The largest absolute Gasteiger partial charge is 0.480 e. The third kappa shape index (κ3) is 3.86. The van der Waals surface area contributed by atoms with Gasteiger partial charge >= 0.3 is 17.9 Å². The summed E-state index contributed by atoms with van der Waals surface area (Å²) < 4.78 is 35.2. The lowest BCUT2D eigenvalue weighted by atomic mass is 10.2. The molecule has 0 saturated heterocycles. The molecule has 128 valence electrons. The minimum absolute atomic E-state index is 0.0806. The first-order chi connectivity index (χ1) is 10.6. The molecule has 0 radical (unpaired) electrons. The molecule has 0 unspecified atom stereocenters. The van der Waals surface area contributed by atoms with Crippen LogP contribution in [0.1, 0.15) is 32.5 Å². The van der Waals surface area contributed by atoms with E-state index in [2.05, 4.69) is 9.47 Å². The molecule has 1 heterocycles. The zero-order valence-electron chi connectivity index (χ0n) is 12.7. The number of carbonyl (C=O) groups excluding carboxylic acids is 2. The van der Waals surface area contributed by atoms with Crippen LogP contribution in [0.3, 0.4) is 0 Å². The maximum atomic E-state index is 12.3. The molecule has 1 aromatic heterocycles. The van der Waals surface area contributed by atoms with Gasteiger partial charge in [0.1, 0.15) is 10.9 Å². The Morgan fingerprint density at radius 3 is 2.13 bits per heavy atom. The molecule has 9 nitrogen and oxygen atoms in total. The summed E-state index contributed by atoms with van der Waals surface area (Å²) in [7, 11) is -2.19. The molecule has 0 bridgehead atoms. The lowest BCUT2D eigenvalue weighted by Gasteiger charge is -2.10. The van der Waals surface area contributed by atoms with Crippen LogP contribution in [0.25, 0.3) is 0 Å². The fourth-order valence-electron chi connectivity index (χ4n) is 1.64. The summed E-state index contributed by atoms with van der Waals surface area (Å²) in [5.74, 6) is -3.17. The van der Waals surface area contributed by atoms with Crippen molar-refractivity contribution in [1.82, 2.24) is 4.72 Å². The van der Waals surface area contributed by atoms with E-state index in [4.69, 9.17) is 5.11 Å². The Morgan fingerprint density at radius 1 is 1.17 bits per heavy atom. The molecule has 0 aliphatic rings. The summed E-state index contributed by atoms with van der Waals surface area (Å²) in [6.07, 6.45) is 0. The van der Waals surface area contributed by atoms with Gasteiger partial charge in [-0.15, -0.1) is 11.3 Å². The Kier molecular flexibility index (Phi) is 5.86. The number of carboxylic acids is 1. The van der Waals surface area contributed by atoms with Crippen molar-refractivity contribution in [2.45, 2.75) is 24.1 Å². The van der Waals surface area contributed by atoms with Crippen LogP contribution in [-0.4, -0.2) is 51.7 Å². The van der Waals surface area contributed by atoms with Crippen LogP contribution in [0.5, 0.6) is 0 Å². The number of aliphatic carboxylic acids is 1. The molecule has 23 heavy (non-hydrogen) atoms. The molecule has 1 rings (SSSR count). The maximum absolute atomic E-state index is 12.3. The van der Waals surface area contributed by atoms with Crippen LogP contribution in [0.15, 0.2) is 4.21 Å². The molecular formula is C12H15NO8S2. The van der Waals surface area contributed by atoms with E-state index < -0.39 is 38.2 Å². The number of methoxy groups -OCH3 is 2. The molecule has 0 saturated carbocycles. The Labute approximate surface area is 136 Å². The minimum atomic E-state index is -4.35. The quantitative estimate of drug-likeness (QED) is 0.691. The summed E-state index contributed by atoms with van der Waals surface area (Å²) >= 11 is 0.504. The van der Waals surface area contributed by atoms with Gasteiger partial charge in [-0.25, -0.2) is 18.0 Å². The van der Waals surface area contributed by atoms with E-state index in [-0.39, 0.29) is 16.0 Å². The zero-order valence-corrected chi connectivity index (χ0v) is 14.3. The van der Waals surface area contributed by atoms with Gasteiger partial charge < -0.3 is 14.6 Å². The minimum Gasteiger partial charge on any atom is -0.480 e. The highest BCUT2D eigenvalue weighted by atomic mass is 32.2. The highest BCUT2D eigenvalue weighted by Gasteiger charge is 2.34. The molecule has 0 aromatic carbocycles. The summed E-state index contributed by atoms with van der Waals surface area (Å²) in [5, 5.41) is 8.81. The maximum Gasteiger partial charge on any atom is 0.348 e. The molecule has 11 heteroatoms. The summed E-state index contributed by atoms with van der Waals surface area (Å²) in [4.78, 5) is 34.3. The van der Waals surface area contributed by atoms with Gasteiger partial charge in [0.2, 0.25) is 0 Å². The number of ether oxygens (including phenoxy) is 2. The van der Waals surface area contributed by atoms with E-state index in [1.807, 2.05) is 4.72 Å². The van der Waals surface area contributed by atoms with Crippen molar-refractivity contribution in [2.24, 2.45) is 0 Å². The number of carboxylic acid groups (broad SMARTS) is 1. The van der Waals surface area contributed by atoms with Gasteiger partial charge in [-0.2, -0.15) is 4.72 Å². The standard InChI is InChI=1S/C12H15NO8S2/c1-5-7(10(16)20-3)12(22-8(5)11(17)21-4)23(18,19)13-6(2)9(14)15/h6,13H,1-4H3,(H,14,15)/t6-/m0/s1. The fourth-order valence-corrected chi connectivity index (χ4v) is 4.60. The van der Waals surface area contributed by atoms with Crippen LogP contribution < -0.4 is 4.72 Å². The number of hydrogen-bond acceptors (Lipinski definition) is 8. The molecular weight excluding hydrogens is 350 g/mol. The van der Waals surface area contributed by atoms with E-state index in [0.29, 0.717) is 11.3 Å². The highest BCUT2D eigenvalue weighted by molar-refractivity contribution is 7.91. The van der Waals surface area contributed by atoms with Crippen LogP contribution in [0.2, 0.25) is 0 Å². The highest BCUT2D eigenvalue weighted by Crippen LogP contribution is 2.33.